The molecule has 3 aromatic rings. The predicted molar refractivity (Wildman–Crippen MR) is 100 cm³/mol. The van der Waals surface area contributed by atoms with Gasteiger partial charge in [0.15, 0.2) is 5.43 Å². The van der Waals surface area contributed by atoms with Crippen molar-refractivity contribution in [1.29, 1.82) is 0 Å². The third-order valence-electron chi connectivity index (χ3n) is 4.62. The summed E-state index contributed by atoms with van der Waals surface area (Å²) in [4.78, 5) is 18.2. The minimum atomic E-state index is -0.225. The lowest BCUT2D eigenvalue weighted by molar-refractivity contribution is 0.268. The Hall–Kier alpha value is -2.46. The van der Waals surface area contributed by atoms with Crippen LogP contribution in [0, 0.1) is 19.7 Å². The molecule has 0 aliphatic carbocycles. The fourth-order valence-corrected chi connectivity index (χ4v) is 3.17. The van der Waals surface area contributed by atoms with Crippen LogP contribution >= 0.6 is 0 Å². The number of hydrogen-bond acceptors (Lipinski definition) is 2. The Morgan fingerprint density at radius 1 is 1.00 bits per heavy atom. The molecule has 0 aliphatic rings. The Kier molecular flexibility index (Phi) is 5.00. The number of H-pyrrole nitrogens is 1. The Labute approximate surface area is 147 Å². The zero-order chi connectivity index (χ0) is 18.0. The number of fused-ring (bicyclic) bond motifs is 1. The number of hydrogen-bond donors (Lipinski definition) is 1. The van der Waals surface area contributed by atoms with Gasteiger partial charge in [0.25, 0.3) is 0 Å². The van der Waals surface area contributed by atoms with Gasteiger partial charge >= 0.3 is 0 Å². The van der Waals surface area contributed by atoms with Crippen LogP contribution in [0.15, 0.2) is 47.3 Å². The minimum Gasteiger partial charge on any atom is -0.357 e. The van der Waals surface area contributed by atoms with E-state index in [0.29, 0.717) is 13.1 Å². The standard InChI is InChI=1S/C21H23FN2O/c1-4-24(12-16-7-9-17(22)10-8-16)13-18-11-19(25)20-14(2)5-6-15(3)21(20)23-18/h5-11H,4,12-13H2,1-3H3,(H,23,25). The average Bonchev–Trinajstić information content (AvgIpc) is 2.59. The highest BCUT2D eigenvalue weighted by Crippen LogP contribution is 2.18. The minimum absolute atomic E-state index is 0.0581. The first-order chi connectivity index (χ1) is 12.0. The van der Waals surface area contributed by atoms with Crippen LogP contribution in [-0.2, 0) is 13.1 Å². The van der Waals surface area contributed by atoms with Crippen molar-refractivity contribution < 1.29 is 4.39 Å². The number of aromatic amines is 1. The zero-order valence-electron chi connectivity index (χ0n) is 14.9. The van der Waals surface area contributed by atoms with Gasteiger partial charge in [-0.25, -0.2) is 4.39 Å². The van der Waals surface area contributed by atoms with Crippen LogP contribution in [0.1, 0.15) is 29.3 Å². The van der Waals surface area contributed by atoms with Crippen LogP contribution in [0.3, 0.4) is 0 Å². The number of aromatic nitrogens is 1. The molecule has 4 heteroatoms. The number of pyridine rings is 1. The van der Waals surface area contributed by atoms with Gasteiger partial charge in [-0.3, -0.25) is 9.69 Å². The van der Waals surface area contributed by atoms with E-state index in [9.17, 15) is 9.18 Å². The van der Waals surface area contributed by atoms with Crippen molar-refractivity contribution in [2.24, 2.45) is 0 Å². The smallest absolute Gasteiger partial charge is 0.189 e. The highest BCUT2D eigenvalue weighted by molar-refractivity contribution is 5.84. The molecule has 0 atom stereocenters. The van der Waals surface area contributed by atoms with Crippen molar-refractivity contribution >= 4 is 10.9 Å². The van der Waals surface area contributed by atoms with Gasteiger partial charge in [0, 0.05) is 30.2 Å². The maximum Gasteiger partial charge on any atom is 0.189 e. The van der Waals surface area contributed by atoms with Crippen molar-refractivity contribution in [3.8, 4) is 0 Å². The third-order valence-corrected chi connectivity index (χ3v) is 4.62. The van der Waals surface area contributed by atoms with Crippen molar-refractivity contribution in [3.05, 3.63) is 80.9 Å². The molecular weight excluding hydrogens is 315 g/mol. The molecule has 0 saturated heterocycles. The van der Waals surface area contributed by atoms with Gasteiger partial charge in [-0.15, -0.1) is 0 Å². The predicted octanol–water partition coefficient (Wildman–Crippen LogP) is 4.31. The molecule has 3 nitrogen and oxygen atoms in total. The zero-order valence-corrected chi connectivity index (χ0v) is 14.9. The van der Waals surface area contributed by atoms with E-state index in [1.165, 1.54) is 12.1 Å². The first kappa shape index (κ1) is 17.4. The molecule has 3 rings (SSSR count). The molecule has 0 amide bonds. The fourth-order valence-electron chi connectivity index (χ4n) is 3.17. The molecule has 1 aromatic heterocycles. The van der Waals surface area contributed by atoms with E-state index in [1.807, 2.05) is 26.0 Å². The monoisotopic (exact) mass is 338 g/mol. The Morgan fingerprint density at radius 3 is 2.36 bits per heavy atom. The lowest BCUT2D eigenvalue weighted by Crippen LogP contribution is -2.24. The molecular formula is C21H23FN2O. The molecule has 0 saturated carbocycles. The van der Waals surface area contributed by atoms with Crippen LogP contribution < -0.4 is 5.43 Å². The summed E-state index contributed by atoms with van der Waals surface area (Å²) in [6, 6.07) is 12.3. The second kappa shape index (κ2) is 7.19. The Balaban J connectivity index is 1.89. The van der Waals surface area contributed by atoms with E-state index < -0.39 is 0 Å². The third kappa shape index (κ3) is 3.80. The summed E-state index contributed by atoms with van der Waals surface area (Å²) in [6.45, 7) is 8.25. The van der Waals surface area contributed by atoms with Crippen LogP contribution in [0.4, 0.5) is 4.39 Å². The summed E-state index contributed by atoms with van der Waals surface area (Å²) in [7, 11) is 0. The maximum absolute atomic E-state index is 13.1. The summed E-state index contributed by atoms with van der Waals surface area (Å²) in [6.07, 6.45) is 0. The van der Waals surface area contributed by atoms with Gasteiger partial charge in [-0.2, -0.15) is 0 Å². The molecule has 1 N–H and O–H groups in total. The second-order valence-electron chi connectivity index (χ2n) is 6.54. The summed E-state index contributed by atoms with van der Waals surface area (Å²) in [5, 5.41) is 0.769. The number of halogens is 1. The quantitative estimate of drug-likeness (QED) is 0.753. The van der Waals surface area contributed by atoms with E-state index in [2.05, 4.69) is 16.8 Å². The van der Waals surface area contributed by atoms with Gasteiger partial charge in [-0.05, 0) is 49.2 Å². The highest BCUT2D eigenvalue weighted by Gasteiger charge is 2.10. The Bertz CT molecular complexity index is 945. The number of benzene rings is 2. The van der Waals surface area contributed by atoms with E-state index in [-0.39, 0.29) is 11.2 Å². The molecule has 130 valence electrons. The van der Waals surface area contributed by atoms with Gasteiger partial charge < -0.3 is 4.98 Å². The van der Waals surface area contributed by atoms with Crippen LogP contribution in [0.2, 0.25) is 0 Å². The molecule has 0 spiro atoms. The van der Waals surface area contributed by atoms with Gasteiger partial charge in [0.05, 0.1) is 5.52 Å². The number of nitrogens with one attached hydrogen (secondary N) is 1. The summed E-state index contributed by atoms with van der Waals surface area (Å²) in [5.74, 6) is -0.225. The molecule has 0 fully saturated rings. The molecule has 2 aromatic carbocycles. The summed E-state index contributed by atoms with van der Waals surface area (Å²) in [5.41, 5.74) is 4.99. The number of aryl methyl sites for hydroxylation is 2. The Morgan fingerprint density at radius 2 is 1.68 bits per heavy atom. The van der Waals surface area contributed by atoms with Gasteiger partial charge in [0.2, 0.25) is 0 Å². The molecule has 0 unspecified atom stereocenters. The molecule has 25 heavy (non-hydrogen) atoms. The number of rotatable bonds is 5. The summed E-state index contributed by atoms with van der Waals surface area (Å²) < 4.78 is 13.1. The molecule has 0 radical (unpaired) electrons. The second-order valence-corrected chi connectivity index (χ2v) is 6.54. The van der Waals surface area contributed by atoms with Crippen molar-refractivity contribution in [2.75, 3.05) is 6.54 Å². The average molecular weight is 338 g/mol. The molecule has 0 bridgehead atoms. The van der Waals surface area contributed by atoms with E-state index >= 15 is 0 Å². The fraction of sp³-hybridized carbons (Fsp3) is 0.286. The highest BCUT2D eigenvalue weighted by atomic mass is 19.1. The van der Waals surface area contributed by atoms with Crippen LogP contribution in [0.25, 0.3) is 10.9 Å². The lowest BCUT2D eigenvalue weighted by Gasteiger charge is -2.21. The summed E-state index contributed by atoms with van der Waals surface area (Å²) >= 11 is 0. The number of nitrogens with zero attached hydrogens (tertiary/aromatic N) is 1. The van der Waals surface area contributed by atoms with Gasteiger partial charge in [0.1, 0.15) is 5.82 Å². The van der Waals surface area contributed by atoms with Crippen molar-refractivity contribution in [3.63, 3.8) is 0 Å². The van der Waals surface area contributed by atoms with E-state index in [4.69, 9.17) is 0 Å². The van der Waals surface area contributed by atoms with Gasteiger partial charge in [-0.1, -0.05) is 31.2 Å². The first-order valence-electron chi connectivity index (χ1n) is 8.57. The first-order valence-corrected chi connectivity index (χ1v) is 8.57. The maximum atomic E-state index is 13.1. The largest absolute Gasteiger partial charge is 0.357 e. The van der Waals surface area contributed by atoms with Crippen LogP contribution in [0.5, 0.6) is 0 Å². The van der Waals surface area contributed by atoms with Crippen molar-refractivity contribution in [1.82, 2.24) is 9.88 Å². The molecule has 0 aliphatic heterocycles. The molecule has 1 heterocycles. The topological polar surface area (TPSA) is 36.1 Å². The van der Waals surface area contributed by atoms with E-state index in [1.54, 1.807) is 18.2 Å². The van der Waals surface area contributed by atoms with Crippen molar-refractivity contribution in [2.45, 2.75) is 33.9 Å². The SMILES string of the molecule is CCN(Cc1ccc(F)cc1)Cc1cc(=O)c2c(C)ccc(C)c2[nH]1. The lowest BCUT2D eigenvalue weighted by atomic mass is 10.0. The van der Waals surface area contributed by atoms with Crippen LogP contribution in [-0.4, -0.2) is 16.4 Å². The van der Waals surface area contributed by atoms with E-state index in [0.717, 1.165) is 39.8 Å². The normalized spacial score (nSPS) is 11.4.